The van der Waals surface area contributed by atoms with Crippen molar-refractivity contribution in [2.24, 2.45) is 0 Å². The van der Waals surface area contributed by atoms with Gasteiger partial charge in [-0.05, 0) is 24.3 Å². The van der Waals surface area contributed by atoms with Crippen molar-refractivity contribution in [2.45, 2.75) is 12.5 Å². The topological polar surface area (TPSA) is 54.3 Å². The molecule has 0 spiro atoms. The van der Waals surface area contributed by atoms with Crippen molar-refractivity contribution in [3.05, 3.63) is 54.1 Å². The number of ether oxygens (including phenoxy) is 1. The van der Waals surface area contributed by atoms with Crippen LogP contribution in [0.2, 0.25) is 0 Å². The van der Waals surface area contributed by atoms with Gasteiger partial charge >= 0.3 is 0 Å². The van der Waals surface area contributed by atoms with Crippen LogP contribution in [-0.2, 0) is 9.59 Å². The quantitative estimate of drug-likeness (QED) is 0.776. The van der Waals surface area contributed by atoms with E-state index in [0.717, 1.165) is 33.4 Å². The lowest BCUT2D eigenvalue weighted by atomic mass is 10.1. The van der Waals surface area contributed by atoms with Crippen LogP contribution in [0.25, 0.3) is 0 Å². The van der Waals surface area contributed by atoms with E-state index in [2.05, 4.69) is 4.90 Å². The van der Waals surface area contributed by atoms with E-state index < -0.39 is 29.5 Å². The first-order valence-electron chi connectivity index (χ1n) is 9.54. The van der Waals surface area contributed by atoms with Crippen LogP contribution in [0.5, 0.6) is 5.75 Å². The van der Waals surface area contributed by atoms with E-state index in [4.69, 9.17) is 4.74 Å². The predicted octanol–water partition coefficient (Wildman–Crippen LogP) is 1.01. The highest BCUT2D eigenvalue weighted by Crippen LogP contribution is 2.28. The Morgan fingerprint density at radius 2 is 1.76 bits per heavy atom. The molecule has 1 N–H and O–H groups in total. The van der Waals surface area contributed by atoms with Gasteiger partial charge < -0.3 is 14.5 Å². The molecule has 0 radical (unpaired) electrons. The maximum atomic E-state index is 14.1. The molecule has 2 aromatic carbocycles. The second-order valence-electron chi connectivity index (χ2n) is 7.24. The van der Waals surface area contributed by atoms with E-state index in [1.165, 1.54) is 0 Å². The van der Waals surface area contributed by atoms with Gasteiger partial charge in [-0.25, -0.2) is 13.7 Å². The number of hydrogen-bond acceptors (Lipinski definition) is 4. The normalized spacial score (nSPS) is 20.4. The number of nitrogens with one attached hydrogen (secondary N) is 1. The molecule has 2 fully saturated rings. The van der Waals surface area contributed by atoms with Crippen LogP contribution in [0.15, 0.2) is 42.5 Å². The second-order valence-corrected chi connectivity index (χ2v) is 7.24. The zero-order valence-electron chi connectivity index (χ0n) is 16.0. The van der Waals surface area contributed by atoms with E-state index in [1.54, 1.807) is 7.11 Å². The molecule has 0 aliphatic carbocycles. The SMILES string of the molecule is COc1ccccc1N1CC[NH+]([C@@H]2CC(=O)N(c3ccc(F)cc3F)C2=O)CC1. The lowest BCUT2D eigenvalue weighted by Gasteiger charge is -2.36. The summed E-state index contributed by atoms with van der Waals surface area (Å²) in [6, 6.07) is 10.1. The number of hydrogen-bond donors (Lipinski definition) is 1. The molecule has 2 heterocycles. The Hall–Kier alpha value is -3.00. The summed E-state index contributed by atoms with van der Waals surface area (Å²) >= 11 is 0. The van der Waals surface area contributed by atoms with Crippen molar-refractivity contribution in [1.29, 1.82) is 0 Å². The fourth-order valence-electron chi connectivity index (χ4n) is 4.14. The predicted molar refractivity (Wildman–Crippen MR) is 103 cm³/mol. The molecule has 2 saturated heterocycles. The van der Waals surface area contributed by atoms with Crippen LogP contribution in [0.3, 0.4) is 0 Å². The Kier molecular flexibility index (Phi) is 5.19. The first-order chi connectivity index (χ1) is 14.0. The van der Waals surface area contributed by atoms with Crippen molar-refractivity contribution in [3.8, 4) is 5.75 Å². The Balaban J connectivity index is 1.47. The lowest BCUT2D eigenvalue weighted by molar-refractivity contribution is -0.915. The van der Waals surface area contributed by atoms with E-state index in [9.17, 15) is 18.4 Å². The van der Waals surface area contributed by atoms with Crippen LogP contribution in [0.1, 0.15) is 6.42 Å². The fourth-order valence-corrected chi connectivity index (χ4v) is 4.14. The van der Waals surface area contributed by atoms with Crippen LogP contribution in [0, 0.1) is 11.6 Å². The molecule has 0 unspecified atom stereocenters. The molecule has 1 atom stereocenters. The minimum Gasteiger partial charge on any atom is -0.495 e. The summed E-state index contributed by atoms with van der Waals surface area (Å²) in [6.07, 6.45) is 0.0274. The molecule has 2 amide bonds. The number of piperazine rings is 1. The Morgan fingerprint density at radius 1 is 1.03 bits per heavy atom. The van der Waals surface area contributed by atoms with Crippen molar-refractivity contribution in [3.63, 3.8) is 0 Å². The molecule has 0 bridgehead atoms. The average Bonchev–Trinajstić information content (AvgIpc) is 3.02. The molecule has 29 heavy (non-hydrogen) atoms. The van der Waals surface area contributed by atoms with E-state index in [1.807, 2.05) is 24.3 Å². The van der Waals surface area contributed by atoms with Gasteiger partial charge in [-0.3, -0.25) is 9.59 Å². The number of para-hydroxylation sites is 2. The van der Waals surface area contributed by atoms with E-state index >= 15 is 0 Å². The number of halogens is 2. The molecule has 0 saturated carbocycles. The molecule has 152 valence electrons. The first kappa shape index (κ1) is 19.3. The van der Waals surface area contributed by atoms with Crippen LogP contribution in [0.4, 0.5) is 20.2 Å². The number of carbonyl (C=O) groups excluding carboxylic acids is 2. The van der Waals surface area contributed by atoms with Crippen molar-refractivity contribution in [2.75, 3.05) is 43.1 Å². The Bertz CT molecular complexity index is 945. The number of methoxy groups -OCH3 is 1. The highest BCUT2D eigenvalue weighted by atomic mass is 19.1. The zero-order valence-corrected chi connectivity index (χ0v) is 16.0. The molecule has 2 aromatic rings. The van der Waals surface area contributed by atoms with Crippen molar-refractivity contribution >= 4 is 23.2 Å². The van der Waals surface area contributed by atoms with Gasteiger partial charge in [0.15, 0.2) is 6.04 Å². The third-order valence-electron chi connectivity index (χ3n) is 5.62. The number of nitrogens with zero attached hydrogens (tertiary/aromatic N) is 2. The van der Waals surface area contributed by atoms with E-state index in [-0.39, 0.29) is 12.1 Å². The standard InChI is InChI=1S/C21H21F2N3O3/c1-29-19-5-3-2-4-17(19)24-8-10-25(11-9-24)18-13-20(27)26(21(18)28)16-7-6-14(22)12-15(16)23/h2-7,12,18H,8-11,13H2,1H3/p+1/t18-/m1/s1. The molecule has 2 aliphatic rings. The summed E-state index contributed by atoms with van der Waals surface area (Å²) in [5.41, 5.74) is 0.814. The van der Waals surface area contributed by atoms with Crippen molar-refractivity contribution < 1.29 is 28.0 Å². The average molecular weight is 402 g/mol. The number of quaternary nitrogens is 1. The van der Waals surface area contributed by atoms with Gasteiger partial charge in [-0.15, -0.1) is 0 Å². The van der Waals surface area contributed by atoms with Gasteiger partial charge in [0.05, 0.1) is 51.1 Å². The van der Waals surface area contributed by atoms with Gasteiger partial charge in [0.25, 0.3) is 5.91 Å². The van der Waals surface area contributed by atoms with Crippen LogP contribution in [-0.4, -0.2) is 51.1 Å². The second kappa shape index (κ2) is 7.79. The largest absolute Gasteiger partial charge is 0.495 e. The number of amides is 2. The molecule has 0 aromatic heterocycles. The minimum atomic E-state index is -0.914. The maximum absolute atomic E-state index is 14.1. The number of imide groups is 1. The highest BCUT2D eigenvalue weighted by Gasteiger charge is 2.47. The Morgan fingerprint density at radius 3 is 2.45 bits per heavy atom. The first-order valence-corrected chi connectivity index (χ1v) is 9.54. The lowest BCUT2D eigenvalue weighted by Crippen LogP contribution is -3.19. The zero-order chi connectivity index (χ0) is 20.5. The van der Waals surface area contributed by atoms with Gasteiger partial charge in [-0.2, -0.15) is 0 Å². The third-order valence-corrected chi connectivity index (χ3v) is 5.62. The minimum absolute atomic E-state index is 0.0274. The smallest absolute Gasteiger partial charge is 0.292 e. The molecular weight excluding hydrogens is 380 g/mol. The summed E-state index contributed by atoms with van der Waals surface area (Å²) in [5.74, 6) is -1.75. The summed E-state index contributed by atoms with van der Waals surface area (Å²) in [4.78, 5) is 29.4. The maximum Gasteiger partial charge on any atom is 0.292 e. The molecule has 8 heteroatoms. The molecule has 6 nitrogen and oxygen atoms in total. The number of benzene rings is 2. The van der Waals surface area contributed by atoms with Crippen LogP contribution < -0.4 is 19.4 Å². The van der Waals surface area contributed by atoms with Crippen LogP contribution >= 0.6 is 0 Å². The molecular formula is C21H22F2N3O3+. The van der Waals surface area contributed by atoms with Gasteiger partial charge in [0.1, 0.15) is 17.4 Å². The van der Waals surface area contributed by atoms with Gasteiger partial charge in [-0.1, -0.05) is 12.1 Å². The number of carbonyl (C=O) groups is 2. The monoisotopic (exact) mass is 402 g/mol. The number of rotatable bonds is 4. The molecule has 2 aliphatic heterocycles. The summed E-state index contributed by atoms with van der Waals surface area (Å²) < 4.78 is 32.7. The van der Waals surface area contributed by atoms with Gasteiger partial charge in [0.2, 0.25) is 5.91 Å². The van der Waals surface area contributed by atoms with Crippen molar-refractivity contribution in [1.82, 2.24) is 0 Å². The number of anilines is 2. The fraction of sp³-hybridized carbons (Fsp3) is 0.333. The van der Waals surface area contributed by atoms with Gasteiger partial charge in [0, 0.05) is 6.07 Å². The highest BCUT2D eigenvalue weighted by molar-refractivity contribution is 6.21. The summed E-state index contributed by atoms with van der Waals surface area (Å²) in [7, 11) is 1.63. The molecule has 4 rings (SSSR count). The Labute approximate surface area is 167 Å². The van der Waals surface area contributed by atoms with E-state index in [0.29, 0.717) is 32.2 Å². The third kappa shape index (κ3) is 3.55. The summed E-state index contributed by atoms with van der Waals surface area (Å²) in [5, 5.41) is 0. The summed E-state index contributed by atoms with van der Waals surface area (Å²) in [6.45, 7) is 2.75.